The van der Waals surface area contributed by atoms with Crippen LogP contribution in [-0.4, -0.2) is 81.1 Å². The van der Waals surface area contributed by atoms with Gasteiger partial charge in [-0.1, -0.05) is 0 Å². The largest absolute Gasteiger partial charge is 0.453 e. The second kappa shape index (κ2) is 12.7. The molecule has 9 heteroatoms. The number of nitrogens with one attached hydrogen (secondary N) is 2. The van der Waals surface area contributed by atoms with Crippen molar-refractivity contribution in [2.45, 2.75) is 57.2 Å². The number of carbonyl (C=O) groups is 2. The Hall–Kier alpha value is -2.23. The molecule has 1 atom stereocenters. The maximum atomic E-state index is 13.1. The Morgan fingerprint density at radius 2 is 1.97 bits per heavy atom. The maximum Gasteiger partial charge on any atom is 0.406 e. The van der Waals surface area contributed by atoms with Crippen LogP contribution in [0, 0.1) is 0 Å². The number of hydrogen-bond donors (Lipinski definition) is 2. The lowest BCUT2D eigenvalue weighted by molar-refractivity contribution is -0.146. The number of aromatic nitrogens is 1. The summed E-state index contributed by atoms with van der Waals surface area (Å²) in [7, 11) is 3.05. The van der Waals surface area contributed by atoms with Gasteiger partial charge in [0.25, 0.3) is 5.91 Å². The number of aryl methyl sites for hydroxylation is 2. The Labute approximate surface area is 190 Å². The number of alkyl carbamates (subject to hydrolysis) is 1. The normalized spacial score (nSPS) is 18.2. The van der Waals surface area contributed by atoms with Crippen LogP contribution < -0.4 is 10.6 Å². The van der Waals surface area contributed by atoms with E-state index in [1.54, 1.807) is 7.11 Å². The average Bonchev–Trinajstić information content (AvgIpc) is 3.66. The van der Waals surface area contributed by atoms with Crippen LogP contribution in [0.5, 0.6) is 0 Å². The monoisotopic (exact) mass is 448 g/mol. The zero-order valence-corrected chi connectivity index (χ0v) is 19.2. The van der Waals surface area contributed by atoms with E-state index in [1.807, 2.05) is 4.90 Å². The van der Waals surface area contributed by atoms with Gasteiger partial charge in [-0.05, 0) is 56.2 Å². The fourth-order valence-electron chi connectivity index (χ4n) is 3.87. The summed E-state index contributed by atoms with van der Waals surface area (Å²) >= 11 is 0. The Morgan fingerprint density at radius 3 is 2.59 bits per heavy atom. The van der Waals surface area contributed by atoms with Crippen molar-refractivity contribution in [3.05, 3.63) is 29.1 Å². The van der Waals surface area contributed by atoms with Crippen LogP contribution in [0.1, 0.15) is 42.6 Å². The highest BCUT2D eigenvalue weighted by molar-refractivity contribution is 5.82. The van der Waals surface area contributed by atoms with Crippen molar-refractivity contribution in [1.82, 2.24) is 20.5 Å². The Bertz CT molecular complexity index is 750. The molecule has 1 saturated heterocycles. The molecule has 1 aromatic heterocycles. The molecule has 2 heterocycles. The maximum absolute atomic E-state index is 13.1. The first kappa shape index (κ1) is 24.4. The van der Waals surface area contributed by atoms with E-state index in [0.29, 0.717) is 38.9 Å². The summed E-state index contributed by atoms with van der Waals surface area (Å²) in [6.07, 6.45) is 4.47. The van der Waals surface area contributed by atoms with Gasteiger partial charge >= 0.3 is 6.09 Å². The highest BCUT2D eigenvalue weighted by atomic mass is 16.5. The molecule has 2 N–H and O–H groups in total. The molecule has 2 aliphatic rings. The minimum absolute atomic E-state index is 0.0706. The van der Waals surface area contributed by atoms with E-state index in [-0.39, 0.29) is 5.91 Å². The summed E-state index contributed by atoms with van der Waals surface area (Å²) in [5, 5.41) is 5.95. The van der Waals surface area contributed by atoms with Crippen LogP contribution in [0.4, 0.5) is 4.79 Å². The molecule has 2 amide bonds. The van der Waals surface area contributed by atoms with Gasteiger partial charge in [0.1, 0.15) is 6.10 Å². The predicted molar refractivity (Wildman–Crippen MR) is 119 cm³/mol. The molecule has 1 aromatic rings. The van der Waals surface area contributed by atoms with E-state index in [9.17, 15) is 9.59 Å². The molecule has 178 valence electrons. The zero-order chi connectivity index (χ0) is 22.8. The summed E-state index contributed by atoms with van der Waals surface area (Å²) in [5.74, 6) is 0.0706. The summed E-state index contributed by atoms with van der Waals surface area (Å²) in [4.78, 5) is 31.2. The molecule has 0 unspecified atom stereocenters. The molecule has 9 nitrogen and oxygen atoms in total. The number of rotatable bonds is 12. The smallest absolute Gasteiger partial charge is 0.406 e. The van der Waals surface area contributed by atoms with E-state index in [1.165, 1.54) is 7.11 Å². The fraction of sp³-hybridized carbons (Fsp3) is 0.696. The number of pyridine rings is 1. The van der Waals surface area contributed by atoms with Gasteiger partial charge in [-0.15, -0.1) is 0 Å². The first-order valence-electron chi connectivity index (χ1n) is 11.5. The lowest BCUT2D eigenvalue weighted by Crippen LogP contribution is -2.49. The molecule has 0 radical (unpaired) electrons. The van der Waals surface area contributed by atoms with E-state index in [2.05, 4.69) is 27.5 Å². The second-order valence-electron chi connectivity index (χ2n) is 8.34. The quantitative estimate of drug-likeness (QED) is 0.467. The number of amides is 2. The van der Waals surface area contributed by atoms with Crippen LogP contribution in [0.3, 0.4) is 0 Å². The van der Waals surface area contributed by atoms with Crippen molar-refractivity contribution in [2.75, 3.05) is 47.1 Å². The fourth-order valence-corrected chi connectivity index (χ4v) is 3.87. The molecule has 1 aliphatic carbocycles. The summed E-state index contributed by atoms with van der Waals surface area (Å²) < 4.78 is 15.5. The molecule has 32 heavy (non-hydrogen) atoms. The number of nitrogens with zero attached hydrogens (tertiary/aromatic N) is 2. The molecule has 0 spiro atoms. The number of ether oxygens (including phenoxy) is 3. The molecule has 1 aliphatic heterocycles. The molecule has 0 bridgehead atoms. The number of carbonyl (C=O) groups excluding carboxylic acids is 2. The summed E-state index contributed by atoms with van der Waals surface area (Å²) in [5.41, 5.74) is 3.07. The van der Waals surface area contributed by atoms with Crippen molar-refractivity contribution in [2.24, 2.45) is 0 Å². The van der Waals surface area contributed by atoms with E-state index in [0.717, 1.165) is 62.0 Å². The molecule has 2 fully saturated rings. The highest BCUT2D eigenvalue weighted by Crippen LogP contribution is 2.30. The lowest BCUT2D eigenvalue weighted by atomic mass is 10.1. The van der Waals surface area contributed by atoms with Gasteiger partial charge in [-0.3, -0.25) is 9.78 Å². The lowest BCUT2D eigenvalue weighted by Gasteiger charge is -2.30. The number of methoxy groups -OCH3 is 2. The summed E-state index contributed by atoms with van der Waals surface area (Å²) in [6, 6.07) is 4.49. The molecular formula is C23H36N4O5. The van der Waals surface area contributed by atoms with E-state index >= 15 is 0 Å². The second-order valence-corrected chi connectivity index (χ2v) is 8.34. The van der Waals surface area contributed by atoms with Gasteiger partial charge in [-0.25, -0.2) is 4.79 Å². The Morgan fingerprint density at radius 1 is 1.22 bits per heavy atom. The Kier molecular flexibility index (Phi) is 9.70. The van der Waals surface area contributed by atoms with Crippen LogP contribution >= 0.6 is 0 Å². The van der Waals surface area contributed by atoms with Crippen molar-refractivity contribution in [1.29, 1.82) is 0 Å². The minimum Gasteiger partial charge on any atom is -0.453 e. The van der Waals surface area contributed by atoms with E-state index < -0.39 is 12.2 Å². The van der Waals surface area contributed by atoms with Crippen molar-refractivity contribution >= 4 is 12.0 Å². The number of hydrogen-bond acceptors (Lipinski definition) is 7. The van der Waals surface area contributed by atoms with Crippen molar-refractivity contribution < 1.29 is 23.8 Å². The van der Waals surface area contributed by atoms with Crippen molar-refractivity contribution in [3.63, 3.8) is 0 Å². The topological polar surface area (TPSA) is 102 Å². The van der Waals surface area contributed by atoms with Crippen LogP contribution in [-0.2, 0) is 38.4 Å². The van der Waals surface area contributed by atoms with Crippen LogP contribution in [0.15, 0.2) is 12.1 Å². The van der Waals surface area contributed by atoms with Crippen LogP contribution in [0.2, 0.25) is 0 Å². The summed E-state index contributed by atoms with van der Waals surface area (Å²) in [6.45, 7) is 3.70. The third-order valence-corrected chi connectivity index (χ3v) is 5.66. The first-order chi connectivity index (χ1) is 15.6. The van der Waals surface area contributed by atoms with Gasteiger partial charge in [-0.2, -0.15) is 0 Å². The Balaban J connectivity index is 1.68. The van der Waals surface area contributed by atoms with Gasteiger partial charge in [0.2, 0.25) is 0 Å². The van der Waals surface area contributed by atoms with Gasteiger partial charge in [0.05, 0.1) is 13.7 Å². The van der Waals surface area contributed by atoms with E-state index in [4.69, 9.17) is 14.5 Å². The zero-order valence-electron chi connectivity index (χ0n) is 19.2. The minimum atomic E-state index is -0.426. The van der Waals surface area contributed by atoms with Gasteiger partial charge < -0.3 is 29.7 Å². The predicted octanol–water partition coefficient (Wildman–Crippen LogP) is 1.43. The van der Waals surface area contributed by atoms with Gasteiger partial charge in [0, 0.05) is 57.3 Å². The molecule has 0 aromatic carbocycles. The third-order valence-electron chi connectivity index (χ3n) is 5.66. The SMILES string of the molecule is COCCCc1cc(CN(C(=O)[C@H]2CNCCO2)C2CC2)cc(CCCNC(=O)OC)n1. The molecule has 1 saturated carbocycles. The third kappa shape index (κ3) is 7.72. The highest BCUT2D eigenvalue weighted by Gasteiger charge is 2.36. The van der Waals surface area contributed by atoms with Crippen LogP contribution in [0.25, 0.3) is 0 Å². The van der Waals surface area contributed by atoms with Crippen molar-refractivity contribution in [3.8, 4) is 0 Å². The first-order valence-corrected chi connectivity index (χ1v) is 11.5. The number of morpholine rings is 1. The standard InChI is InChI=1S/C23H36N4O5/c1-30-11-4-6-19-14-17(13-18(26-19)5-3-9-25-23(29)31-2)16-27(20-7-8-20)22(28)21-15-24-10-12-32-21/h13-14,20-21,24H,3-12,15-16H2,1-2H3,(H,25,29)/t21-/m1/s1. The average molecular weight is 449 g/mol. The molecular weight excluding hydrogens is 412 g/mol. The molecule has 3 rings (SSSR count). The van der Waals surface area contributed by atoms with Gasteiger partial charge in [0.15, 0.2) is 0 Å².